The summed E-state index contributed by atoms with van der Waals surface area (Å²) < 4.78 is 23.9. The van der Waals surface area contributed by atoms with Gasteiger partial charge in [-0.25, -0.2) is 4.39 Å². The smallest absolute Gasteiger partial charge is 0.234 e. The van der Waals surface area contributed by atoms with Gasteiger partial charge in [0, 0.05) is 13.2 Å². The minimum atomic E-state index is -0.401. The molecule has 1 unspecified atom stereocenters. The standard InChI is InChI=1S/C15H21FN2O3/c16-13-5-1-2-6-14(13)21-9-7-18-15(19)11-17-10-12-4-3-8-20-12/h1-2,5-6,12,17H,3-4,7-11H2,(H,18,19). The van der Waals surface area contributed by atoms with Crippen molar-refractivity contribution in [2.45, 2.75) is 18.9 Å². The van der Waals surface area contributed by atoms with Crippen molar-refractivity contribution in [1.82, 2.24) is 10.6 Å². The molecule has 6 heteroatoms. The first-order valence-electron chi connectivity index (χ1n) is 7.22. The molecule has 5 nitrogen and oxygen atoms in total. The predicted molar refractivity (Wildman–Crippen MR) is 76.7 cm³/mol. The molecule has 1 heterocycles. The summed E-state index contributed by atoms with van der Waals surface area (Å²) in [7, 11) is 0. The Morgan fingerprint density at radius 2 is 2.29 bits per heavy atom. The van der Waals surface area contributed by atoms with Crippen molar-refractivity contribution >= 4 is 5.91 Å². The van der Waals surface area contributed by atoms with Gasteiger partial charge < -0.3 is 20.1 Å². The van der Waals surface area contributed by atoms with E-state index in [1.807, 2.05) is 0 Å². The van der Waals surface area contributed by atoms with Gasteiger partial charge in [0.25, 0.3) is 0 Å². The molecule has 1 fully saturated rings. The summed E-state index contributed by atoms with van der Waals surface area (Å²) in [4.78, 5) is 11.6. The molecule has 2 rings (SSSR count). The molecule has 116 valence electrons. The first-order chi connectivity index (χ1) is 10.3. The Labute approximate surface area is 123 Å². The van der Waals surface area contributed by atoms with E-state index in [9.17, 15) is 9.18 Å². The first-order valence-corrected chi connectivity index (χ1v) is 7.22. The summed E-state index contributed by atoms with van der Waals surface area (Å²) in [5.41, 5.74) is 0. The van der Waals surface area contributed by atoms with Crippen LogP contribution in [-0.2, 0) is 9.53 Å². The number of carbonyl (C=O) groups excluding carboxylic acids is 1. The first kappa shape index (κ1) is 15.7. The molecule has 0 radical (unpaired) electrons. The Hall–Kier alpha value is -1.66. The van der Waals surface area contributed by atoms with Crippen LogP contribution in [0.15, 0.2) is 24.3 Å². The van der Waals surface area contributed by atoms with E-state index in [-0.39, 0.29) is 30.9 Å². The molecule has 0 spiro atoms. The van der Waals surface area contributed by atoms with E-state index in [1.54, 1.807) is 18.2 Å². The van der Waals surface area contributed by atoms with Gasteiger partial charge >= 0.3 is 0 Å². The molecule has 0 aromatic heterocycles. The molecule has 0 bridgehead atoms. The zero-order chi connectivity index (χ0) is 14.9. The Kier molecular flexibility index (Phi) is 6.43. The van der Waals surface area contributed by atoms with E-state index >= 15 is 0 Å². The monoisotopic (exact) mass is 296 g/mol. The molecule has 21 heavy (non-hydrogen) atoms. The van der Waals surface area contributed by atoms with Crippen molar-refractivity contribution in [3.63, 3.8) is 0 Å². The number of nitrogens with one attached hydrogen (secondary N) is 2. The highest BCUT2D eigenvalue weighted by Crippen LogP contribution is 2.14. The van der Waals surface area contributed by atoms with Crippen molar-refractivity contribution in [3.05, 3.63) is 30.1 Å². The Bertz CT molecular complexity index is 450. The molecule has 1 aromatic rings. The number of rotatable bonds is 8. The third-order valence-corrected chi connectivity index (χ3v) is 3.20. The maximum Gasteiger partial charge on any atom is 0.234 e. The SMILES string of the molecule is O=C(CNCC1CCCO1)NCCOc1ccccc1F. The van der Waals surface area contributed by atoms with Crippen molar-refractivity contribution < 1.29 is 18.7 Å². The van der Waals surface area contributed by atoms with Crippen LogP contribution in [0.5, 0.6) is 5.75 Å². The number of hydrogen-bond acceptors (Lipinski definition) is 4. The minimum absolute atomic E-state index is 0.106. The predicted octanol–water partition coefficient (Wildman–Crippen LogP) is 1.09. The molecule has 2 N–H and O–H groups in total. The Balaban J connectivity index is 1.52. The van der Waals surface area contributed by atoms with Gasteiger partial charge in [0.2, 0.25) is 5.91 Å². The van der Waals surface area contributed by atoms with E-state index in [4.69, 9.17) is 9.47 Å². The molecule has 1 atom stereocenters. The van der Waals surface area contributed by atoms with E-state index in [0.29, 0.717) is 13.1 Å². The Morgan fingerprint density at radius 1 is 1.43 bits per heavy atom. The third kappa shape index (κ3) is 5.69. The topological polar surface area (TPSA) is 59.6 Å². The minimum Gasteiger partial charge on any atom is -0.489 e. The lowest BCUT2D eigenvalue weighted by Crippen LogP contribution is -2.38. The second kappa shape index (κ2) is 8.59. The van der Waals surface area contributed by atoms with E-state index in [2.05, 4.69) is 10.6 Å². The molecular weight excluding hydrogens is 275 g/mol. The molecule has 1 aromatic carbocycles. The molecule has 1 aliphatic heterocycles. The summed E-state index contributed by atoms with van der Waals surface area (Å²) in [6.45, 7) is 2.33. The van der Waals surface area contributed by atoms with Crippen LogP contribution in [0.4, 0.5) is 4.39 Å². The van der Waals surface area contributed by atoms with Crippen LogP contribution < -0.4 is 15.4 Å². The zero-order valence-electron chi connectivity index (χ0n) is 11.9. The maximum absolute atomic E-state index is 13.3. The zero-order valence-corrected chi connectivity index (χ0v) is 11.9. The number of para-hydroxylation sites is 1. The maximum atomic E-state index is 13.3. The van der Waals surface area contributed by atoms with E-state index < -0.39 is 5.82 Å². The lowest BCUT2D eigenvalue weighted by atomic mass is 10.2. The van der Waals surface area contributed by atoms with Crippen LogP contribution in [0.2, 0.25) is 0 Å². The quantitative estimate of drug-likeness (QED) is 0.705. The fourth-order valence-corrected chi connectivity index (χ4v) is 2.13. The highest BCUT2D eigenvalue weighted by Gasteiger charge is 2.14. The van der Waals surface area contributed by atoms with Crippen LogP contribution in [0.3, 0.4) is 0 Å². The molecule has 1 amide bonds. The van der Waals surface area contributed by atoms with Gasteiger partial charge in [-0.05, 0) is 25.0 Å². The van der Waals surface area contributed by atoms with Crippen molar-refractivity contribution in [2.75, 3.05) is 32.8 Å². The second-order valence-electron chi connectivity index (χ2n) is 4.89. The average molecular weight is 296 g/mol. The third-order valence-electron chi connectivity index (χ3n) is 3.20. The highest BCUT2D eigenvalue weighted by molar-refractivity contribution is 5.77. The average Bonchev–Trinajstić information content (AvgIpc) is 2.98. The molecular formula is C15H21FN2O3. The number of carbonyl (C=O) groups is 1. The van der Waals surface area contributed by atoms with Gasteiger partial charge in [-0.2, -0.15) is 0 Å². The fourth-order valence-electron chi connectivity index (χ4n) is 2.13. The van der Waals surface area contributed by atoms with Gasteiger partial charge in [0.15, 0.2) is 11.6 Å². The number of halogens is 1. The fraction of sp³-hybridized carbons (Fsp3) is 0.533. The number of ether oxygens (including phenoxy) is 2. The normalized spacial score (nSPS) is 17.7. The summed E-state index contributed by atoms with van der Waals surface area (Å²) in [6.07, 6.45) is 2.36. The van der Waals surface area contributed by atoms with Gasteiger partial charge in [0.05, 0.1) is 19.2 Å². The van der Waals surface area contributed by atoms with Gasteiger partial charge in [-0.1, -0.05) is 12.1 Å². The molecule has 1 saturated heterocycles. The molecule has 0 saturated carbocycles. The van der Waals surface area contributed by atoms with Crippen LogP contribution in [0.1, 0.15) is 12.8 Å². The van der Waals surface area contributed by atoms with Gasteiger partial charge in [-0.3, -0.25) is 4.79 Å². The summed E-state index contributed by atoms with van der Waals surface area (Å²) in [6, 6.07) is 6.19. The van der Waals surface area contributed by atoms with Gasteiger partial charge in [0.1, 0.15) is 6.61 Å². The Morgan fingerprint density at radius 3 is 3.05 bits per heavy atom. The van der Waals surface area contributed by atoms with Crippen LogP contribution >= 0.6 is 0 Å². The molecule has 1 aliphatic rings. The second-order valence-corrected chi connectivity index (χ2v) is 4.89. The number of hydrogen-bond donors (Lipinski definition) is 2. The van der Waals surface area contributed by atoms with Crippen LogP contribution in [0.25, 0.3) is 0 Å². The lowest BCUT2D eigenvalue weighted by Gasteiger charge is -2.11. The van der Waals surface area contributed by atoms with Crippen molar-refractivity contribution in [3.8, 4) is 5.75 Å². The van der Waals surface area contributed by atoms with Crippen molar-refractivity contribution in [2.24, 2.45) is 0 Å². The van der Waals surface area contributed by atoms with Gasteiger partial charge in [-0.15, -0.1) is 0 Å². The lowest BCUT2D eigenvalue weighted by molar-refractivity contribution is -0.120. The highest BCUT2D eigenvalue weighted by atomic mass is 19.1. The summed E-state index contributed by atoms with van der Waals surface area (Å²) in [5.74, 6) is -0.310. The summed E-state index contributed by atoms with van der Waals surface area (Å²) in [5, 5.41) is 5.77. The van der Waals surface area contributed by atoms with Crippen molar-refractivity contribution in [1.29, 1.82) is 0 Å². The van der Waals surface area contributed by atoms with Crippen LogP contribution in [0, 0.1) is 5.82 Å². The molecule has 0 aliphatic carbocycles. The van der Waals surface area contributed by atoms with E-state index in [0.717, 1.165) is 19.4 Å². The number of amides is 1. The number of benzene rings is 1. The van der Waals surface area contributed by atoms with Crippen LogP contribution in [-0.4, -0.2) is 44.9 Å². The van der Waals surface area contributed by atoms with E-state index in [1.165, 1.54) is 6.07 Å². The summed E-state index contributed by atoms with van der Waals surface area (Å²) >= 11 is 0. The largest absolute Gasteiger partial charge is 0.489 e.